The second-order valence-corrected chi connectivity index (χ2v) is 6.14. The zero-order valence-electron chi connectivity index (χ0n) is 10.9. The summed E-state index contributed by atoms with van der Waals surface area (Å²) in [4.78, 5) is 22.6. The minimum absolute atomic E-state index is 0.0144. The van der Waals surface area contributed by atoms with Crippen LogP contribution in [-0.2, 0) is 9.59 Å². The predicted octanol–water partition coefficient (Wildman–Crippen LogP) is 0.902. The highest BCUT2D eigenvalue weighted by Crippen LogP contribution is 2.15. The van der Waals surface area contributed by atoms with Crippen molar-refractivity contribution in [3.05, 3.63) is 0 Å². The van der Waals surface area contributed by atoms with Gasteiger partial charge in [0.1, 0.15) is 0 Å². The molecule has 0 radical (unpaired) electrons. The highest BCUT2D eigenvalue weighted by atomic mass is 32.2. The summed E-state index contributed by atoms with van der Waals surface area (Å²) in [5, 5.41) is 14.8. The molecule has 1 aliphatic heterocycles. The molecule has 1 fully saturated rings. The molecule has 1 rings (SSSR count). The Kier molecular flexibility index (Phi) is 6.49. The van der Waals surface area contributed by atoms with Gasteiger partial charge < -0.3 is 10.4 Å². The van der Waals surface area contributed by atoms with E-state index in [0.717, 1.165) is 18.1 Å². The second kappa shape index (κ2) is 7.63. The summed E-state index contributed by atoms with van der Waals surface area (Å²) >= 11 is 1.70. The van der Waals surface area contributed by atoms with Crippen molar-refractivity contribution in [2.24, 2.45) is 11.8 Å². The average Bonchev–Trinajstić information content (AvgIpc) is 2.77. The fourth-order valence-corrected chi connectivity index (χ4v) is 3.03. The Morgan fingerprint density at radius 3 is 2.72 bits per heavy atom. The van der Waals surface area contributed by atoms with Crippen LogP contribution in [0, 0.1) is 11.8 Å². The minimum Gasteiger partial charge on any atom is -0.481 e. The van der Waals surface area contributed by atoms with Crippen molar-refractivity contribution in [2.75, 3.05) is 18.2 Å². The number of carbonyl (C=O) groups is 2. The second-order valence-electron chi connectivity index (χ2n) is 5.11. The van der Waals surface area contributed by atoms with E-state index in [1.165, 1.54) is 0 Å². The molecule has 0 aromatic rings. The van der Waals surface area contributed by atoms with Crippen molar-refractivity contribution in [1.29, 1.82) is 0 Å². The highest BCUT2D eigenvalue weighted by Gasteiger charge is 2.23. The lowest BCUT2D eigenvalue weighted by molar-refractivity contribution is -0.138. The standard InChI is InChI=1S/C12H22N2O3S/c1-8(2)3-9(4-11(15)16)5-13-12(17)10-6-18-7-14-10/h8-10,14H,3-7H2,1-2H3,(H,13,17)(H,15,16)/t9-,10?/m0/s1. The molecule has 0 spiro atoms. The fourth-order valence-electron chi connectivity index (χ4n) is 2.08. The Balaban J connectivity index is 2.35. The van der Waals surface area contributed by atoms with Crippen molar-refractivity contribution in [1.82, 2.24) is 10.6 Å². The summed E-state index contributed by atoms with van der Waals surface area (Å²) in [6, 6.07) is -0.125. The zero-order valence-corrected chi connectivity index (χ0v) is 11.8. The molecule has 3 N–H and O–H groups in total. The lowest BCUT2D eigenvalue weighted by Crippen LogP contribution is -2.44. The van der Waals surface area contributed by atoms with E-state index in [0.29, 0.717) is 12.5 Å². The van der Waals surface area contributed by atoms with Gasteiger partial charge in [-0.3, -0.25) is 14.9 Å². The third-order valence-corrected chi connectivity index (χ3v) is 3.81. The summed E-state index contributed by atoms with van der Waals surface area (Å²) in [6.07, 6.45) is 0.935. The first-order chi connectivity index (χ1) is 8.49. The van der Waals surface area contributed by atoms with Crippen LogP contribution in [0.3, 0.4) is 0 Å². The van der Waals surface area contributed by atoms with Gasteiger partial charge in [-0.2, -0.15) is 0 Å². The number of nitrogens with one attached hydrogen (secondary N) is 2. The van der Waals surface area contributed by atoms with Crippen LogP contribution in [0.4, 0.5) is 0 Å². The van der Waals surface area contributed by atoms with E-state index < -0.39 is 5.97 Å². The molecule has 1 heterocycles. The van der Waals surface area contributed by atoms with Gasteiger partial charge in [-0.1, -0.05) is 13.8 Å². The first kappa shape index (κ1) is 15.3. The minimum atomic E-state index is -0.801. The van der Waals surface area contributed by atoms with E-state index >= 15 is 0 Å². The molecule has 0 aliphatic carbocycles. The van der Waals surface area contributed by atoms with Gasteiger partial charge in [-0.15, -0.1) is 11.8 Å². The number of hydrogen-bond donors (Lipinski definition) is 3. The average molecular weight is 274 g/mol. The van der Waals surface area contributed by atoms with Crippen LogP contribution in [0.1, 0.15) is 26.7 Å². The number of amides is 1. The van der Waals surface area contributed by atoms with Crippen LogP contribution >= 0.6 is 11.8 Å². The molecule has 0 aromatic heterocycles. The molecular weight excluding hydrogens is 252 g/mol. The number of carbonyl (C=O) groups excluding carboxylic acids is 1. The largest absolute Gasteiger partial charge is 0.481 e. The third kappa shape index (κ3) is 5.73. The molecule has 5 nitrogen and oxygen atoms in total. The topological polar surface area (TPSA) is 78.4 Å². The summed E-state index contributed by atoms with van der Waals surface area (Å²) in [5.74, 6) is 1.23. The number of thioether (sulfide) groups is 1. The summed E-state index contributed by atoms with van der Waals surface area (Å²) in [5.41, 5.74) is 0. The van der Waals surface area contributed by atoms with Gasteiger partial charge in [0.15, 0.2) is 0 Å². The summed E-state index contributed by atoms with van der Waals surface area (Å²) in [6.45, 7) is 4.57. The summed E-state index contributed by atoms with van der Waals surface area (Å²) in [7, 11) is 0. The van der Waals surface area contributed by atoms with E-state index in [-0.39, 0.29) is 24.3 Å². The van der Waals surface area contributed by atoms with Crippen molar-refractivity contribution in [3.63, 3.8) is 0 Å². The van der Waals surface area contributed by atoms with Gasteiger partial charge in [-0.05, 0) is 18.3 Å². The Hall–Kier alpha value is -0.750. The smallest absolute Gasteiger partial charge is 0.303 e. The first-order valence-corrected chi connectivity index (χ1v) is 7.45. The van der Waals surface area contributed by atoms with Gasteiger partial charge >= 0.3 is 5.97 Å². The maximum atomic E-state index is 11.8. The number of hydrogen-bond acceptors (Lipinski definition) is 4. The molecular formula is C12H22N2O3S. The normalized spacial score (nSPS) is 20.9. The van der Waals surface area contributed by atoms with Crippen molar-refractivity contribution in [3.8, 4) is 0 Å². The van der Waals surface area contributed by atoms with Crippen LogP contribution in [-0.4, -0.2) is 41.2 Å². The van der Waals surface area contributed by atoms with Gasteiger partial charge in [0.2, 0.25) is 5.91 Å². The molecule has 1 aliphatic rings. The number of rotatable bonds is 7. The van der Waals surface area contributed by atoms with Gasteiger partial charge in [0.05, 0.1) is 6.04 Å². The maximum absolute atomic E-state index is 11.8. The Morgan fingerprint density at radius 2 is 2.22 bits per heavy atom. The van der Waals surface area contributed by atoms with Gasteiger partial charge in [0.25, 0.3) is 0 Å². The molecule has 1 amide bonds. The highest BCUT2D eigenvalue weighted by molar-refractivity contribution is 7.99. The van der Waals surface area contributed by atoms with Gasteiger partial charge in [-0.25, -0.2) is 0 Å². The SMILES string of the molecule is CC(C)C[C@H](CNC(=O)C1CSCN1)CC(=O)O. The molecule has 104 valence electrons. The van der Waals surface area contributed by atoms with Crippen LogP contribution in [0.15, 0.2) is 0 Å². The third-order valence-electron chi connectivity index (χ3n) is 2.87. The van der Waals surface area contributed by atoms with E-state index in [1.807, 2.05) is 0 Å². The van der Waals surface area contributed by atoms with E-state index in [9.17, 15) is 9.59 Å². The van der Waals surface area contributed by atoms with Crippen LogP contribution in [0.5, 0.6) is 0 Å². The lowest BCUT2D eigenvalue weighted by Gasteiger charge is -2.19. The van der Waals surface area contributed by atoms with E-state index in [1.54, 1.807) is 11.8 Å². The van der Waals surface area contributed by atoms with Crippen molar-refractivity contribution < 1.29 is 14.7 Å². The van der Waals surface area contributed by atoms with Crippen molar-refractivity contribution >= 4 is 23.6 Å². The maximum Gasteiger partial charge on any atom is 0.303 e. The molecule has 2 atom stereocenters. The predicted molar refractivity (Wildman–Crippen MR) is 72.5 cm³/mol. The Labute approximate surface area is 112 Å². The van der Waals surface area contributed by atoms with Crippen LogP contribution in [0.25, 0.3) is 0 Å². The molecule has 0 bridgehead atoms. The fraction of sp³-hybridized carbons (Fsp3) is 0.833. The van der Waals surface area contributed by atoms with Crippen LogP contribution < -0.4 is 10.6 Å². The molecule has 1 unspecified atom stereocenters. The quantitative estimate of drug-likeness (QED) is 0.643. The van der Waals surface area contributed by atoms with Crippen LogP contribution in [0.2, 0.25) is 0 Å². The number of carboxylic acids is 1. The Morgan fingerprint density at radius 1 is 1.50 bits per heavy atom. The number of aliphatic carboxylic acids is 1. The van der Waals surface area contributed by atoms with Crippen molar-refractivity contribution in [2.45, 2.75) is 32.7 Å². The number of carboxylic acid groups (broad SMARTS) is 1. The van der Waals surface area contributed by atoms with E-state index in [2.05, 4.69) is 24.5 Å². The first-order valence-electron chi connectivity index (χ1n) is 6.29. The zero-order chi connectivity index (χ0) is 13.5. The Bertz CT molecular complexity index is 291. The lowest BCUT2D eigenvalue weighted by atomic mass is 9.94. The molecule has 1 saturated heterocycles. The summed E-state index contributed by atoms with van der Waals surface area (Å²) < 4.78 is 0. The molecule has 18 heavy (non-hydrogen) atoms. The molecule has 6 heteroatoms. The molecule has 0 aromatic carbocycles. The molecule has 0 saturated carbocycles. The monoisotopic (exact) mass is 274 g/mol. The van der Waals surface area contributed by atoms with Gasteiger partial charge in [0, 0.05) is 24.6 Å². The van der Waals surface area contributed by atoms with E-state index in [4.69, 9.17) is 5.11 Å².